The summed E-state index contributed by atoms with van der Waals surface area (Å²) in [7, 11) is 1.71. The van der Waals surface area contributed by atoms with Gasteiger partial charge in [-0.3, -0.25) is 9.69 Å². The lowest BCUT2D eigenvalue weighted by Crippen LogP contribution is -2.60. The normalized spacial score (nSPS) is 31.8. The highest BCUT2D eigenvalue weighted by atomic mass is 16.5. The smallest absolute Gasteiger partial charge is 0.257 e. The highest BCUT2D eigenvalue weighted by Crippen LogP contribution is 2.47. The van der Waals surface area contributed by atoms with Gasteiger partial charge in [0.1, 0.15) is 11.5 Å². The van der Waals surface area contributed by atoms with Gasteiger partial charge in [-0.15, -0.1) is 0 Å². The second-order valence-electron chi connectivity index (χ2n) is 8.09. The molecule has 5 heteroatoms. The minimum atomic E-state index is 0.121. The first kappa shape index (κ1) is 16.9. The van der Waals surface area contributed by atoms with E-state index < -0.39 is 0 Å². The maximum atomic E-state index is 13.4. The summed E-state index contributed by atoms with van der Waals surface area (Å²) < 4.78 is 10.9. The second kappa shape index (κ2) is 6.41. The van der Waals surface area contributed by atoms with E-state index in [1.807, 2.05) is 19.1 Å². The predicted molar refractivity (Wildman–Crippen MR) is 102 cm³/mol. The second-order valence-corrected chi connectivity index (χ2v) is 8.09. The van der Waals surface area contributed by atoms with Gasteiger partial charge in [0.25, 0.3) is 5.91 Å². The first-order chi connectivity index (χ1) is 13.2. The van der Waals surface area contributed by atoms with Crippen molar-refractivity contribution in [2.75, 3.05) is 26.7 Å². The number of methoxy groups -OCH3 is 1. The van der Waals surface area contributed by atoms with E-state index in [4.69, 9.17) is 9.15 Å². The van der Waals surface area contributed by atoms with Crippen molar-refractivity contribution in [1.29, 1.82) is 0 Å². The predicted octanol–water partition coefficient (Wildman–Crippen LogP) is 3.30. The molecule has 4 aliphatic rings. The van der Waals surface area contributed by atoms with E-state index >= 15 is 0 Å². The zero-order valence-corrected chi connectivity index (χ0v) is 15.9. The molecule has 6 rings (SSSR count). The summed E-state index contributed by atoms with van der Waals surface area (Å²) in [6.07, 6.45) is 4.01. The van der Waals surface area contributed by atoms with E-state index in [0.717, 1.165) is 25.4 Å². The van der Waals surface area contributed by atoms with Crippen LogP contribution in [0.4, 0.5) is 0 Å². The molecule has 0 radical (unpaired) electrons. The van der Waals surface area contributed by atoms with Crippen molar-refractivity contribution in [2.45, 2.75) is 37.8 Å². The summed E-state index contributed by atoms with van der Waals surface area (Å²) in [5, 5.41) is 0. The molecule has 5 heterocycles. The number of hydrogen-bond donors (Lipinski definition) is 0. The monoisotopic (exact) mass is 366 g/mol. The summed E-state index contributed by atoms with van der Waals surface area (Å²) >= 11 is 0. The number of carbonyl (C=O) groups is 1. The molecule has 4 aliphatic heterocycles. The number of fused-ring (bicyclic) bond motifs is 2. The zero-order chi connectivity index (χ0) is 18.5. The maximum Gasteiger partial charge on any atom is 0.257 e. The number of furan rings is 1. The number of nitrogens with zero attached hydrogens (tertiary/aromatic N) is 2. The Hall–Kier alpha value is -2.27. The molecule has 1 aromatic heterocycles. The lowest BCUT2D eigenvalue weighted by Gasteiger charge is -2.51. The van der Waals surface area contributed by atoms with E-state index in [0.29, 0.717) is 35.2 Å². The molecule has 0 aliphatic carbocycles. The van der Waals surface area contributed by atoms with Gasteiger partial charge in [-0.05, 0) is 62.5 Å². The minimum absolute atomic E-state index is 0.121. The van der Waals surface area contributed by atoms with Crippen LogP contribution in [0.5, 0.6) is 5.75 Å². The molecular formula is C22H26N2O3. The van der Waals surface area contributed by atoms with Gasteiger partial charge < -0.3 is 14.1 Å². The van der Waals surface area contributed by atoms with Gasteiger partial charge >= 0.3 is 0 Å². The molecule has 0 unspecified atom stereocenters. The van der Waals surface area contributed by atoms with Crippen molar-refractivity contribution in [3.63, 3.8) is 0 Å². The highest BCUT2D eigenvalue weighted by Gasteiger charge is 2.54. The standard InChI is InChI=1S/C22H26N2O3/c1-14-18(8-11-27-14)22(25)24-13-19(16-4-3-5-17(12-16)26-2)21-20(24)15-6-9-23(21)10-7-15/h3-5,8,11-12,15,19-21H,6-7,9-10,13H2,1-2H3/t19-,20+,21+/m0/s1. The van der Waals surface area contributed by atoms with E-state index in [1.165, 1.54) is 18.4 Å². The topological polar surface area (TPSA) is 45.9 Å². The third kappa shape index (κ3) is 2.59. The van der Waals surface area contributed by atoms with E-state index in [9.17, 15) is 4.79 Å². The van der Waals surface area contributed by atoms with Crippen LogP contribution in [0.2, 0.25) is 0 Å². The fraction of sp³-hybridized carbons (Fsp3) is 0.500. The lowest BCUT2D eigenvalue weighted by atomic mass is 9.75. The molecule has 4 saturated heterocycles. The summed E-state index contributed by atoms with van der Waals surface area (Å²) in [6.45, 7) is 4.94. The Bertz CT molecular complexity index is 853. The number of rotatable bonds is 3. The van der Waals surface area contributed by atoms with E-state index in [1.54, 1.807) is 13.4 Å². The summed E-state index contributed by atoms with van der Waals surface area (Å²) in [6, 6.07) is 10.9. The van der Waals surface area contributed by atoms with Gasteiger partial charge in [0.15, 0.2) is 0 Å². The number of benzene rings is 1. The molecule has 1 aromatic carbocycles. The van der Waals surface area contributed by atoms with Gasteiger partial charge in [0.2, 0.25) is 0 Å². The molecule has 5 nitrogen and oxygen atoms in total. The third-order valence-corrected chi connectivity index (χ3v) is 6.87. The number of hydrogen-bond acceptors (Lipinski definition) is 4. The van der Waals surface area contributed by atoms with Crippen molar-refractivity contribution in [1.82, 2.24) is 9.80 Å². The molecule has 3 atom stereocenters. The Labute approximate surface area is 159 Å². The Morgan fingerprint density at radius 1 is 1.19 bits per heavy atom. The number of carbonyl (C=O) groups excluding carboxylic acids is 1. The van der Waals surface area contributed by atoms with Gasteiger partial charge in [-0.2, -0.15) is 0 Å². The summed E-state index contributed by atoms with van der Waals surface area (Å²) in [4.78, 5) is 18.1. The Kier molecular flexibility index (Phi) is 4.01. The molecule has 0 spiro atoms. The quantitative estimate of drug-likeness (QED) is 0.836. The molecule has 142 valence electrons. The lowest BCUT2D eigenvalue weighted by molar-refractivity contribution is -0.00346. The third-order valence-electron chi connectivity index (χ3n) is 6.87. The summed E-state index contributed by atoms with van der Waals surface area (Å²) in [5.41, 5.74) is 1.98. The zero-order valence-electron chi connectivity index (χ0n) is 15.9. The number of likely N-dealkylation sites (tertiary alicyclic amines) is 1. The van der Waals surface area contributed by atoms with Gasteiger partial charge in [-0.25, -0.2) is 0 Å². The molecule has 2 bridgehead atoms. The molecule has 0 N–H and O–H groups in total. The SMILES string of the molecule is COc1cccc([C@@H]2CN(C(=O)c3ccoc3C)[C@@H]3C4CCN(CC4)[C@@H]32)c1. The molecule has 0 saturated carbocycles. The Morgan fingerprint density at radius 2 is 2.00 bits per heavy atom. The van der Waals surface area contributed by atoms with Crippen LogP contribution in [-0.4, -0.2) is 54.5 Å². The first-order valence-electron chi connectivity index (χ1n) is 9.90. The number of ether oxygens (including phenoxy) is 1. The summed E-state index contributed by atoms with van der Waals surface area (Å²) in [5.74, 6) is 2.64. The van der Waals surface area contributed by atoms with E-state index in [-0.39, 0.29) is 5.91 Å². The van der Waals surface area contributed by atoms with Crippen LogP contribution in [0, 0.1) is 12.8 Å². The maximum absolute atomic E-state index is 13.4. The molecule has 1 amide bonds. The van der Waals surface area contributed by atoms with Crippen molar-refractivity contribution in [3.05, 3.63) is 53.5 Å². The van der Waals surface area contributed by atoms with Crippen LogP contribution in [0.15, 0.2) is 41.0 Å². The average molecular weight is 366 g/mol. The minimum Gasteiger partial charge on any atom is -0.497 e. The van der Waals surface area contributed by atoms with Crippen molar-refractivity contribution in [3.8, 4) is 5.75 Å². The highest BCUT2D eigenvalue weighted by molar-refractivity contribution is 5.95. The molecule has 4 fully saturated rings. The van der Waals surface area contributed by atoms with E-state index in [2.05, 4.69) is 28.0 Å². The fourth-order valence-corrected chi connectivity index (χ4v) is 5.58. The van der Waals surface area contributed by atoms with Crippen LogP contribution in [0.3, 0.4) is 0 Å². The van der Waals surface area contributed by atoms with Crippen LogP contribution in [0.1, 0.15) is 40.4 Å². The van der Waals surface area contributed by atoms with Gasteiger partial charge in [0.05, 0.1) is 25.0 Å². The van der Waals surface area contributed by atoms with Crippen LogP contribution in [-0.2, 0) is 0 Å². The van der Waals surface area contributed by atoms with Crippen LogP contribution in [0.25, 0.3) is 0 Å². The number of piperidine rings is 3. The number of amides is 1. The Balaban J connectivity index is 1.54. The van der Waals surface area contributed by atoms with Crippen molar-refractivity contribution >= 4 is 5.91 Å². The largest absolute Gasteiger partial charge is 0.497 e. The number of aryl methyl sites for hydroxylation is 1. The van der Waals surface area contributed by atoms with Crippen molar-refractivity contribution in [2.24, 2.45) is 5.92 Å². The Morgan fingerprint density at radius 3 is 2.70 bits per heavy atom. The van der Waals surface area contributed by atoms with Gasteiger partial charge in [0, 0.05) is 18.5 Å². The molecule has 27 heavy (non-hydrogen) atoms. The first-order valence-corrected chi connectivity index (χ1v) is 9.90. The van der Waals surface area contributed by atoms with Gasteiger partial charge in [-0.1, -0.05) is 12.1 Å². The van der Waals surface area contributed by atoms with Crippen LogP contribution < -0.4 is 4.74 Å². The average Bonchev–Trinajstić information content (AvgIpc) is 3.33. The van der Waals surface area contributed by atoms with Crippen molar-refractivity contribution < 1.29 is 13.9 Å². The fourth-order valence-electron chi connectivity index (χ4n) is 5.58. The van der Waals surface area contributed by atoms with Crippen LogP contribution >= 0.6 is 0 Å². The molecular weight excluding hydrogens is 340 g/mol. The molecule has 2 aromatic rings.